The molecule has 1 amide bonds. The topological polar surface area (TPSA) is 68.5 Å². The van der Waals surface area contributed by atoms with Crippen molar-refractivity contribution in [2.75, 3.05) is 12.4 Å². The fourth-order valence-corrected chi connectivity index (χ4v) is 3.16. The molecule has 1 aliphatic carbocycles. The minimum Gasteiger partial charge on any atom is -0.496 e. The van der Waals surface area contributed by atoms with E-state index in [-0.39, 0.29) is 11.8 Å². The van der Waals surface area contributed by atoms with Gasteiger partial charge in [-0.3, -0.25) is 10.1 Å². The van der Waals surface area contributed by atoms with Gasteiger partial charge in [0.15, 0.2) is 0 Å². The molecule has 4 rings (SSSR count). The Balaban J connectivity index is 1.72. The van der Waals surface area contributed by atoms with Crippen LogP contribution in [0.25, 0.3) is 16.2 Å². The van der Waals surface area contributed by atoms with Gasteiger partial charge in [-0.05, 0) is 25.0 Å². The Morgan fingerprint density at radius 1 is 1.41 bits per heavy atom. The van der Waals surface area contributed by atoms with Gasteiger partial charge in [0.05, 0.1) is 12.8 Å². The molecule has 0 saturated heterocycles. The third-order valence-corrected chi connectivity index (χ3v) is 4.46. The van der Waals surface area contributed by atoms with Gasteiger partial charge < -0.3 is 4.74 Å². The Hall–Kier alpha value is -2.41. The lowest BCUT2D eigenvalue weighted by molar-refractivity contribution is -0.117. The van der Waals surface area contributed by atoms with Crippen LogP contribution in [0.5, 0.6) is 5.75 Å². The molecule has 2 aromatic heterocycles. The van der Waals surface area contributed by atoms with E-state index in [9.17, 15) is 4.79 Å². The summed E-state index contributed by atoms with van der Waals surface area (Å²) in [5.41, 5.74) is 1.85. The van der Waals surface area contributed by atoms with Crippen LogP contribution >= 0.6 is 11.3 Å². The number of amides is 1. The largest absolute Gasteiger partial charge is 0.496 e. The standard InChI is InChI=1S/C15H14N4O2S/c1-21-12-5-3-2-4-10(12)11-8-22-15-17-14(18-19(11)15)16-13(20)9-6-7-9/h2-5,8-9H,6-7H2,1H3,(H,16,18,20). The van der Waals surface area contributed by atoms with Gasteiger partial charge in [0.1, 0.15) is 5.75 Å². The van der Waals surface area contributed by atoms with Crippen molar-refractivity contribution in [2.45, 2.75) is 12.8 Å². The molecular formula is C15H14N4O2S. The number of anilines is 1. The summed E-state index contributed by atoms with van der Waals surface area (Å²) in [5, 5.41) is 9.17. The molecule has 2 heterocycles. The van der Waals surface area contributed by atoms with Crippen molar-refractivity contribution in [3.8, 4) is 17.0 Å². The second kappa shape index (κ2) is 5.10. The Labute approximate surface area is 130 Å². The monoisotopic (exact) mass is 314 g/mol. The predicted octanol–water partition coefficient (Wildman–Crippen LogP) is 2.81. The number of carbonyl (C=O) groups excluding carboxylic acids is 1. The highest BCUT2D eigenvalue weighted by Gasteiger charge is 2.30. The van der Waals surface area contributed by atoms with E-state index >= 15 is 0 Å². The number of hydrogen-bond acceptors (Lipinski definition) is 5. The van der Waals surface area contributed by atoms with Gasteiger partial charge in [-0.15, -0.1) is 16.4 Å². The zero-order valence-electron chi connectivity index (χ0n) is 11.9. The van der Waals surface area contributed by atoms with E-state index in [2.05, 4.69) is 15.4 Å². The number of fused-ring (bicyclic) bond motifs is 1. The second-order valence-electron chi connectivity index (χ2n) is 5.21. The van der Waals surface area contributed by atoms with Crippen LogP contribution in [0.3, 0.4) is 0 Å². The fourth-order valence-electron chi connectivity index (χ4n) is 2.33. The van der Waals surface area contributed by atoms with Gasteiger partial charge in [0.25, 0.3) is 0 Å². The van der Waals surface area contributed by atoms with E-state index in [1.807, 2.05) is 29.6 Å². The van der Waals surface area contributed by atoms with Crippen LogP contribution in [0.2, 0.25) is 0 Å². The zero-order chi connectivity index (χ0) is 15.1. The van der Waals surface area contributed by atoms with Crippen LogP contribution in [-0.2, 0) is 4.79 Å². The molecule has 1 N–H and O–H groups in total. The number of para-hydroxylation sites is 1. The molecule has 0 atom stereocenters. The zero-order valence-corrected chi connectivity index (χ0v) is 12.8. The van der Waals surface area contributed by atoms with Crippen LogP contribution in [0.1, 0.15) is 12.8 Å². The van der Waals surface area contributed by atoms with Gasteiger partial charge in [-0.25, -0.2) is 4.52 Å². The van der Waals surface area contributed by atoms with Crippen molar-refractivity contribution < 1.29 is 9.53 Å². The summed E-state index contributed by atoms with van der Waals surface area (Å²) in [4.78, 5) is 16.9. The summed E-state index contributed by atoms with van der Waals surface area (Å²) in [6.07, 6.45) is 1.92. The molecule has 0 unspecified atom stereocenters. The first-order valence-corrected chi connectivity index (χ1v) is 7.93. The summed E-state index contributed by atoms with van der Waals surface area (Å²) >= 11 is 1.48. The average Bonchev–Trinajstić information content (AvgIpc) is 3.21. The lowest BCUT2D eigenvalue weighted by Crippen LogP contribution is -2.14. The molecule has 1 aliphatic rings. The van der Waals surface area contributed by atoms with Crippen LogP contribution in [0.15, 0.2) is 29.6 Å². The van der Waals surface area contributed by atoms with Gasteiger partial charge >= 0.3 is 0 Å². The smallest absolute Gasteiger partial charge is 0.250 e. The summed E-state index contributed by atoms with van der Waals surface area (Å²) in [6, 6.07) is 7.76. The number of benzene rings is 1. The Kier molecular flexibility index (Phi) is 3.07. The SMILES string of the molecule is COc1ccccc1-c1csc2nc(NC(=O)C3CC3)nn12. The average molecular weight is 314 g/mol. The van der Waals surface area contributed by atoms with Gasteiger partial charge in [-0.2, -0.15) is 4.98 Å². The molecule has 1 saturated carbocycles. The molecule has 0 aliphatic heterocycles. The summed E-state index contributed by atoms with van der Waals surface area (Å²) in [7, 11) is 1.64. The van der Waals surface area contributed by atoms with Crippen molar-refractivity contribution in [3.05, 3.63) is 29.6 Å². The first kappa shape index (κ1) is 13.3. The Bertz CT molecular complexity index is 850. The maximum atomic E-state index is 11.8. The van der Waals surface area contributed by atoms with Crippen molar-refractivity contribution in [2.24, 2.45) is 5.92 Å². The quantitative estimate of drug-likeness (QED) is 0.804. The number of carbonyl (C=O) groups is 1. The Morgan fingerprint density at radius 3 is 3.00 bits per heavy atom. The van der Waals surface area contributed by atoms with Crippen molar-refractivity contribution >= 4 is 28.2 Å². The normalized spacial score (nSPS) is 14.2. The molecule has 0 radical (unpaired) electrons. The number of thiazole rings is 1. The Morgan fingerprint density at radius 2 is 2.23 bits per heavy atom. The maximum absolute atomic E-state index is 11.8. The van der Waals surface area contributed by atoms with E-state index in [1.54, 1.807) is 11.6 Å². The predicted molar refractivity (Wildman–Crippen MR) is 84.2 cm³/mol. The lowest BCUT2D eigenvalue weighted by Gasteiger charge is -2.06. The van der Waals surface area contributed by atoms with Crippen LogP contribution < -0.4 is 10.1 Å². The molecule has 1 aromatic carbocycles. The van der Waals surface area contributed by atoms with Gasteiger partial charge in [0, 0.05) is 16.9 Å². The van der Waals surface area contributed by atoms with Crippen LogP contribution in [0, 0.1) is 5.92 Å². The van der Waals surface area contributed by atoms with Crippen molar-refractivity contribution in [3.63, 3.8) is 0 Å². The summed E-state index contributed by atoms with van der Waals surface area (Å²) in [5.74, 6) is 1.29. The molecule has 112 valence electrons. The molecule has 6 nitrogen and oxygen atoms in total. The number of methoxy groups -OCH3 is 1. The van der Waals surface area contributed by atoms with E-state index < -0.39 is 0 Å². The summed E-state index contributed by atoms with van der Waals surface area (Å²) < 4.78 is 7.14. The first-order valence-electron chi connectivity index (χ1n) is 7.05. The number of aromatic nitrogens is 3. The lowest BCUT2D eigenvalue weighted by atomic mass is 10.1. The number of nitrogens with zero attached hydrogens (tertiary/aromatic N) is 3. The molecule has 0 bridgehead atoms. The molecular weight excluding hydrogens is 300 g/mol. The van der Waals surface area contributed by atoms with E-state index in [1.165, 1.54) is 11.3 Å². The number of ether oxygens (including phenoxy) is 1. The molecule has 0 spiro atoms. The molecule has 7 heteroatoms. The fraction of sp³-hybridized carbons (Fsp3) is 0.267. The molecule has 1 fully saturated rings. The number of hydrogen-bond donors (Lipinski definition) is 1. The first-order chi connectivity index (χ1) is 10.8. The molecule has 3 aromatic rings. The van der Waals surface area contributed by atoms with Crippen LogP contribution in [-0.4, -0.2) is 27.6 Å². The van der Waals surface area contributed by atoms with Crippen molar-refractivity contribution in [1.29, 1.82) is 0 Å². The van der Waals surface area contributed by atoms with E-state index in [0.29, 0.717) is 5.95 Å². The van der Waals surface area contributed by atoms with E-state index in [4.69, 9.17) is 4.74 Å². The van der Waals surface area contributed by atoms with Gasteiger partial charge in [0.2, 0.25) is 16.8 Å². The number of rotatable bonds is 4. The minimum atomic E-state index is 0.0112. The highest BCUT2D eigenvalue weighted by molar-refractivity contribution is 7.15. The number of nitrogens with one attached hydrogen (secondary N) is 1. The summed E-state index contributed by atoms with van der Waals surface area (Å²) in [6.45, 7) is 0. The third-order valence-electron chi connectivity index (χ3n) is 3.65. The second-order valence-corrected chi connectivity index (χ2v) is 6.05. The van der Waals surface area contributed by atoms with Crippen molar-refractivity contribution in [1.82, 2.24) is 14.6 Å². The minimum absolute atomic E-state index is 0.0112. The molecule has 22 heavy (non-hydrogen) atoms. The van der Waals surface area contributed by atoms with E-state index in [0.717, 1.165) is 34.8 Å². The maximum Gasteiger partial charge on any atom is 0.250 e. The van der Waals surface area contributed by atoms with Crippen LogP contribution in [0.4, 0.5) is 5.95 Å². The van der Waals surface area contributed by atoms with Gasteiger partial charge in [-0.1, -0.05) is 12.1 Å². The third kappa shape index (κ3) is 2.23. The highest BCUT2D eigenvalue weighted by Crippen LogP contribution is 2.33. The highest BCUT2D eigenvalue weighted by atomic mass is 32.1.